The Bertz CT molecular complexity index is 723. The van der Waals surface area contributed by atoms with Gasteiger partial charge in [-0.05, 0) is 18.9 Å². The van der Waals surface area contributed by atoms with Crippen LogP contribution in [0.15, 0.2) is 27.9 Å². The number of unbranched alkanes of at least 4 members (excludes halogenated alkanes) is 3. The van der Waals surface area contributed by atoms with Gasteiger partial charge in [-0.2, -0.15) is 0 Å². The first-order valence-corrected chi connectivity index (χ1v) is 8.26. The van der Waals surface area contributed by atoms with E-state index >= 15 is 0 Å². The van der Waals surface area contributed by atoms with Crippen molar-refractivity contribution in [3.63, 3.8) is 0 Å². The lowest BCUT2D eigenvalue weighted by Gasteiger charge is -2.15. The van der Waals surface area contributed by atoms with E-state index < -0.39 is 29.5 Å². The summed E-state index contributed by atoms with van der Waals surface area (Å²) in [5.74, 6) is -0.571. The van der Waals surface area contributed by atoms with E-state index in [0.717, 1.165) is 36.4 Å². The van der Waals surface area contributed by atoms with Crippen molar-refractivity contribution in [2.24, 2.45) is 0 Å². The number of amides is 1. The topological polar surface area (TPSA) is 134 Å². The number of aliphatic hydroxyl groups is 2. The molecule has 0 radical (unpaired) electrons. The summed E-state index contributed by atoms with van der Waals surface area (Å²) >= 11 is 0. The summed E-state index contributed by atoms with van der Waals surface area (Å²) in [6, 6.07) is 0. The zero-order valence-electron chi connectivity index (χ0n) is 13.8. The van der Waals surface area contributed by atoms with E-state index in [4.69, 9.17) is 14.9 Å². The molecule has 1 aliphatic rings. The van der Waals surface area contributed by atoms with Gasteiger partial charge in [0.2, 0.25) is 0 Å². The summed E-state index contributed by atoms with van der Waals surface area (Å²) in [5.41, 5.74) is -1.64. The number of ether oxygens (including phenoxy) is 1. The summed E-state index contributed by atoms with van der Waals surface area (Å²) < 4.78 is 6.52. The highest BCUT2D eigenvalue weighted by Crippen LogP contribution is 2.18. The molecule has 0 aliphatic carbocycles. The van der Waals surface area contributed by atoms with Gasteiger partial charge in [0.15, 0.2) is 6.23 Å². The first-order chi connectivity index (χ1) is 12.1. The Hall–Kier alpha value is -2.23. The van der Waals surface area contributed by atoms with Gasteiger partial charge < -0.3 is 20.3 Å². The van der Waals surface area contributed by atoms with Crippen LogP contribution in [0.1, 0.15) is 42.3 Å². The highest BCUT2D eigenvalue weighted by atomic mass is 16.5. The van der Waals surface area contributed by atoms with Crippen LogP contribution in [0, 0.1) is 0 Å². The molecule has 9 nitrogen and oxygen atoms in total. The molecule has 4 N–H and O–H groups in total. The Morgan fingerprint density at radius 3 is 2.64 bits per heavy atom. The molecule has 1 aromatic heterocycles. The molecule has 2 heterocycles. The molecule has 9 heteroatoms. The zero-order valence-corrected chi connectivity index (χ0v) is 13.8. The second kappa shape index (κ2) is 9.30. The number of nitrogens with one attached hydrogen (secondary N) is 2. The summed E-state index contributed by atoms with van der Waals surface area (Å²) in [5, 5.41) is 20.4. The lowest BCUT2D eigenvalue weighted by atomic mass is 10.2. The summed E-state index contributed by atoms with van der Waals surface area (Å²) in [6.07, 6.45) is 6.22. The number of carbonyl (C=O) groups is 1. The van der Waals surface area contributed by atoms with Crippen LogP contribution >= 0.6 is 0 Å². The molecule has 1 aliphatic heterocycles. The third-order valence-electron chi connectivity index (χ3n) is 3.84. The van der Waals surface area contributed by atoms with Gasteiger partial charge in [0.25, 0.3) is 11.5 Å². The van der Waals surface area contributed by atoms with Gasteiger partial charge in [0, 0.05) is 19.3 Å². The van der Waals surface area contributed by atoms with E-state index in [0.29, 0.717) is 6.54 Å². The molecule has 0 aromatic carbocycles. The molecule has 0 spiro atoms. The fraction of sp³-hybridized carbons (Fsp3) is 0.562. The molecule has 0 unspecified atom stereocenters. The van der Waals surface area contributed by atoms with Gasteiger partial charge in [-0.25, -0.2) is 4.79 Å². The molecule has 138 valence electrons. The Morgan fingerprint density at radius 1 is 1.20 bits per heavy atom. The van der Waals surface area contributed by atoms with E-state index in [1.165, 1.54) is 0 Å². The van der Waals surface area contributed by atoms with Crippen molar-refractivity contribution >= 4 is 5.91 Å². The molecular weight excluding hydrogens is 330 g/mol. The van der Waals surface area contributed by atoms with Crippen molar-refractivity contribution < 1.29 is 19.7 Å². The maximum Gasteiger partial charge on any atom is 0.330 e. The SMILES string of the molecule is O=C(NCCCCCCO)c1cn([C@@H]2C=C[C@H](CO)O2)c(=O)[nH]c1=O. The second-order valence-corrected chi connectivity index (χ2v) is 5.74. The molecule has 0 saturated carbocycles. The smallest absolute Gasteiger partial charge is 0.330 e. The maximum absolute atomic E-state index is 12.2. The number of aliphatic hydroxyl groups excluding tert-OH is 2. The third-order valence-corrected chi connectivity index (χ3v) is 3.84. The van der Waals surface area contributed by atoms with Gasteiger partial charge in [0.1, 0.15) is 11.7 Å². The minimum absolute atomic E-state index is 0.151. The summed E-state index contributed by atoms with van der Waals surface area (Å²) in [4.78, 5) is 38.1. The Morgan fingerprint density at radius 2 is 1.96 bits per heavy atom. The first kappa shape index (κ1) is 19.1. The van der Waals surface area contributed by atoms with Gasteiger partial charge in [-0.15, -0.1) is 0 Å². The molecular formula is C16H23N3O6. The van der Waals surface area contributed by atoms with Crippen molar-refractivity contribution in [1.82, 2.24) is 14.9 Å². The van der Waals surface area contributed by atoms with Crippen LogP contribution in [-0.2, 0) is 4.74 Å². The fourth-order valence-electron chi connectivity index (χ4n) is 2.47. The predicted octanol–water partition coefficient (Wildman–Crippen LogP) is -0.735. The number of carbonyl (C=O) groups excluding carboxylic acids is 1. The van der Waals surface area contributed by atoms with Crippen LogP contribution in [0.4, 0.5) is 0 Å². The Kier molecular flexibility index (Phi) is 7.11. The van der Waals surface area contributed by atoms with Crippen molar-refractivity contribution in [2.75, 3.05) is 19.8 Å². The number of rotatable bonds is 9. The van der Waals surface area contributed by atoms with E-state index in [2.05, 4.69) is 10.3 Å². The second-order valence-electron chi connectivity index (χ2n) is 5.74. The minimum Gasteiger partial charge on any atom is -0.396 e. The van der Waals surface area contributed by atoms with E-state index in [-0.39, 0.29) is 18.8 Å². The summed E-state index contributed by atoms with van der Waals surface area (Å²) in [7, 11) is 0. The van der Waals surface area contributed by atoms with Crippen molar-refractivity contribution in [3.8, 4) is 0 Å². The fourth-order valence-corrected chi connectivity index (χ4v) is 2.47. The van der Waals surface area contributed by atoms with Gasteiger partial charge in [-0.1, -0.05) is 18.9 Å². The molecule has 2 rings (SSSR count). The average Bonchev–Trinajstić information content (AvgIpc) is 3.06. The molecule has 0 bridgehead atoms. The average molecular weight is 353 g/mol. The Balaban J connectivity index is 2.02. The van der Waals surface area contributed by atoms with Crippen LogP contribution in [0.5, 0.6) is 0 Å². The predicted molar refractivity (Wildman–Crippen MR) is 89.3 cm³/mol. The van der Waals surface area contributed by atoms with Crippen LogP contribution in [-0.4, -0.2) is 51.5 Å². The van der Waals surface area contributed by atoms with E-state index in [1.807, 2.05) is 0 Å². The van der Waals surface area contributed by atoms with Crippen LogP contribution < -0.4 is 16.6 Å². The number of hydrogen-bond acceptors (Lipinski definition) is 6. The summed E-state index contributed by atoms with van der Waals surface area (Å²) in [6.45, 7) is 0.322. The minimum atomic E-state index is -0.786. The third kappa shape index (κ3) is 5.12. The van der Waals surface area contributed by atoms with Crippen molar-refractivity contribution in [3.05, 3.63) is 44.8 Å². The van der Waals surface area contributed by atoms with E-state index in [9.17, 15) is 14.4 Å². The van der Waals surface area contributed by atoms with Gasteiger partial charge in [-0.3, -0.25) is 19.1 Å². The first-order valence-electron chi connectivity index (χ1n) is 8.26. The molecule has 1 aromatic rings. The molecule has 25 heavy (non-hydrogen) atoms. The molecule has 2 atom stereocenters. The number of aromatic nitrogens is 2. The lowest BCUT2D eigenvalue weighted by Crippen LogP contribution is -2.38. The Labute approximate surface area is 144 Å². The monoisotopic (exact) mass is 353 g/mol. The number of hydrogen-bond donors (Lipinski definition) is 4. The largest absolute Gasteiger partial charge is 0.396 e. The quantitative estimate of drug-likeness (QED) is 0.341. The highest BCUT2D eigenvalue weighted by Gasteiger charge is 2.23. The molecule has 0 saturated heterocycles. The van der Waals surface area contributed by atoms with E-state index in [1.54, 1.807) is 12.2 Å². The van der Waals surface area contributed by atoms with Gasteiger partial charge >= 0.3 is 5.69 Å². The van der Waals surface area contributed by atoms with Gasteiger partial charge in [0.05, 0.1) is 6.61 Å². The lowest BCUT2D eigenvalue weighted by molar-refractivity contribution is -0.0104. The normalized spacial score (nSPS) is 19.3. The zero-order chi connectivity index (χ0) is 18.2. The van der Waals surface area contributed by atoms with Crippen LogP contribution in [0.2, 0.25) is 0 Å². The molecule has 1 amide bonds. The number of aromatic amines is 1. The van der Waals surface area contributed by atoms with Crippen molar-refractivity contribution in [1.29, 1.82) is 0 Å². The number of nitrogens with zero attached hydrogens (tertiary/aromatic N) is 1. The number of H-pyrrole nitrogens is 1. The molecule has 0 fully saturated rings. The van der Waals surface area contributed by atoms with Crippen molar-refractivity contribution in [2.45, 2.75) is 38.0 Å². The highest BCUT2D eigenvalue weighted by molar-refractivity contribution is 5.93. The van der Waals surface area contributed by atoms with Crippen LogP contribution in [0.25, 0.3) is 0 Å². The maximum atomic E-state index is 12.2. The standard InChI is InChI=1S/C16H23N3O6/c20-8-4-2-1-3-7-17-14(22)12-9-19(16(24)18-15(12)23)13-6-5-11(10-21)25-13/h5-6,9,11,13,20-21H,1-4,7-8,10H2,(H,17,22)(H,18,23,24)/t11-,13+/m1/s1. The van der Waals surface area contributed by atoms with Crippen LogP contribution in [0.3, 0.4) is 0 Å².